The van der Waals surface area contributed by atoms with E-state index in [9.17, 15) is 68.2 Å². The molecule has 2 aromatic carbocycles. The van der Waals surface area contributed by atoms with Crippen molar-refractivity contribution in [2.24, 2.45) is 5.92 Å². The second-order valence-electron chi connectivity index (χ2n) is 7.22. The van der Waals surface area contributed by atoms with Crippen LogP contribution < -0.4 is 0 Å². The van der Waals surface area contributed by atoms with Crippen LogP contribution in [-0.2, 0) is 24.7 Å². The first-order valence-corrected chi connectivity index (χ1v) is 9.00. The van der Waals surface area contributed by atoms with E-state index >= 15 is 0 Å². The maximum absolute atomic E-state index is 13.0. The van der Waals surface area contributed by atoms with Gasteiger partial charge in [0.1, 0.15) is 5.92 Å². The number of nitriles is 1. The quantitative estimate of drug-likeness (QED) is 0.439. The Morgan fingerprint density at radius 1 is 0.514 bits per heavy atom. The fourth-order valence-electron chi connectivity index (χ4n) is 3.03. The van der Waals surface area contributed by atoms with Crippen molar-refractivity contribution >= 4 is 0 Å². The number of aliphatic hydroxyl groups excluding tert-OH is 2. The third-order valence-electron chi connectivity index (χ3n) is 4.73. The van der Waals surface area contributed by atoms with Crippen LogP contribution in [0.1, 0.15) is 45.6 Å². The van der Waals surface area contributed by atoms with E-state index < -0.39 is 76.2 Å². The van der Waals surface area contributed by atoms with Crippen molar-refractivity contribution in [1.29, 1.82) is 5.26 Å². The van der Waals surface area contributed by atoms with Crippen molar-refractivity contribution in [3.63, 3.8) is 0 Å². The van der Waals surface area contributed by atoms with E-state index in [0.717, 1.165) is 6.07 Å². The monoisotopic (exact) mass is 525 g/mol. The Balaban J connectivity index is 2.63. The molecule has 3 nitrogen and oxygen atoms in total. The second-order valence-corrected chi connectivity index (χ2v) is 7.22. The molecular formula is C20H11F12NO2. The Labute approximate surface area is 187 Å². The SMILES string of the molecule is N#CC(C(O)c1cc(C(F)(F)F)cc(C(F)(F)F)c1)C(O)c1cc(C(F)(F)F)cc(C(F)(F)F)c1. The summed E-state index contributed by atoms with van der Waals surface area (Å²) in [5.41, 5.74) is -10.1. The van der Waals surface area contributed by atoms with Gasteiger partial charge in [0.25, 0.3) is 0 Å². The van der Waals surface area contributed by atoms with Crippen LogP contribution in [0, 0.1) is 17.2 Å². The fourth-order valence-corrected chi connectivity index (χ4v) is 3.03. The van der Waals surface area contributed by atoms with Crippen molar-refractivity contribution in [2.45, 2.75) is 36.9 Å². The largest absolute Gasteiger partial charge is 0.416 e. The van der Waals surface area contributed by atoms with Crippen LogP contribution >= 0.6 is 0 Å². The first kappa shape index (κ1) is 28.2. The van der Waals surface area contributed by atoms with Gasteiger partial charge in [-0.25, -0.2) is 0 Å². The van der Waals surface area contributed by atoms with Crippen LogP contribution in [0.4, 0.5) is 52.7 Å². The minimum Gasteiger partial charge on any atom is -0.387 e. The highest BCUT2D eigenvalue weighted by atomic mass is 19.4. The highest BCUT2D eigenvalue weighted by molar-refractivity contribution is 5.38. The zero-order valence-electron chi connectivity index (χ0n) is 16.6. The number of aliphatic hydroxyl groups is 2. The fraction of sp³-hybridized carbons (Fsp3) is 0.350. The lowest BCUT2D eigenvalue weighted by Crippen LogP contribution is -2.22. The van der Waals surface area contributed by atoms with Crippen LogP contribution in [0.3, 0.4) is 0 Å². The van der Waals surface area contributed by atoms with E-state index in [1.807, 2.05) is 0 Å². The molecule has 2 rings (SSSR count). The molecule has 0 saturated heterocycles. The second kappa shape index (κ2) is 9.23. The van der Waals surface area contributed by atoms with Gasteiger partial charge in [0.2, 0.25) is 0 Å². The van der Waals surface area contributed by atoms with Gasteiger partial charge in [-0.05, 0) is 47.5 Å². The van der Waals surface area contributed by atoms with Gasteiger partial charge in [0.05, 0.1) is 40.5 Å². The molecule has 0 aliphatic carbocycles. The van der Waals surface area contributed by atoms with Gasteiger partial charge in [-0.3, -0.25) is 0 Å². The van der Waals surface area contributed by atoms with Gasteiger partial charge in [-0.1, -0.05) is 0 Å². The maximum atomic E-state index is 13.0. The number of hydrogen-bond acceptors (Lipinski definition) is 3. The molecule has 0 aliphatic heterocycles. The summed E-state index contributed by atoms with van der Waals surface area (Å²) in [6, 6.07) is 0.505. The van der Waals surface area contributed by atoms with E-state index in [4.69, 9.17) is 0 Å². The molecule has 2 atom stereocenters. The molecule has 0 aromatic heterocycles. The van der Waals surface area contributed by atoms with Crippen molar-refractivity contribution in [1.82, 2.24) is 0 Å². The van der Waals surface area contributed by atoms with Crippen molar-refractivity contribution < 1.29 is 62.9 Å². The van der Waals surface area contributed by atoms with Crippen LogP contribution in [0.5, 0.6) is 0 Å². The number of hydrogen-bond donors (Lipinski definition) is 2. The molecule has 0 saturated carbocycles. The lowest BCUT2D eigenvalue weighted by molar-refractivity contribution is -0.144. The molecule has 0 bridgehead atoms. The van der Waals surface area contributed by atoms with Gasteiger partial charge >= 0.3 is 24.7 Å². The molecule has 0 aliphatic rings. The Kier molecular flexibility index (Phi) is 7.45. The lowest BCUT2D eigenvalue weighted by Gasteiger charge is -2.25. The Morgan fingerprint density at radius 3 is 0.914 bits per heavy atom. The summed E-state index contributed by atoms with van der Waals surface area (Å²) in [5.74, 6) is -2.47. The zero-order valence-corrected chi connectivity index (χ0v) is 16.6. The number of nitrogens with zero attached hydrogens (tertiary/aromatic N) is 1. The van der Waals surface area contributed by atoms with Gasteiger partial charge < -0.3 is 10.2 Å². The van der Waals surface area contributed by atoms with Crippen LogP contribution in [0.25, 0.3) is 0 Å². The molecule has 2 unspecified atom stereocenters. The molecule has 0 heterocycles. The standard InChI is InChI=1S/C20H11F12NO2/c21-17(22,23)10-1-8(2-11(5-10)18(24,25)26)15(34)14(7-33)16(35)9-3-12(19(27,28)29)6-13(4-9)20(30,31)32/h1-6,14-16,34-35H. The summed E-state index contributed by atoms with van der Waals surface area (Å²) in [6.45, 7) is 0. The molecular weight excluding hydrogens is 514 g/mol. The van der Waals surface area contributed by atoms with Crippen LogP contribution in [0.2, 0.25) is 0 Å². The smallest absolute Gasteiger partial charge is 0.387 e. The first-order valence-electron chi connectivity index (χ1n) is 9.00. The van der Waals surface area contributed by atoms with Gasteiger partial charge in [-0.15, -0.1) is 0 Å². The normalized spacial score (nSPS) is 15.9. The van der Waals surface area contributed by atoms with E-state index in [2.05, 4.69) is 0 Å². The first-order chi connectivity index (χ1) is 15.7. The number of halogens is 12. The summed E-state index contributed by atoms with van der Waals surface area (Å²) < 4.78 is 157. The third-order valence-corrected chi connectivity index (χ3v) is 4.73. The van der Waals surface area contributed by atoms with Gasteiger partial charge in [0, 0.05) is 0 Å². The summed E-state index contributed by atoms with van der Waals surface area (Å²) >= 11 is 0. The predicted octanol–water partition coefficient (Wildman–Crippen LogP) is 6.67. The van der Waals surface area contributed by atoms with E-state index in [-0.39, 0.29) is 36.4 Å². The van der Waals surface area contributed by atoms with Crippen LogP contribution in [0.15, 0.2) is 36.4 Å². The van der Waals surface area contributed by atoms with Gasteiger partial charge in [0.15, 0.2) is 0 Å². The highest BCUT2D eigenvalue weighted by Crippen LogP contribution is 2.42. The molecule has 15 heteroatoms. The Hall–Kier alpha value is -2.99. The summed E-state index contributed by atoms with van der Waals surface area (Å²) in [6.07, 6.45) is -26.8. The Morgan fingerprint density at radius 2 is 0.743 bits per heavy atom. The highest BCUT2D eigenvalue weighted by Gasteiger charge is 2.41. The number of rotatable bonds is 4. The summed E-state index contributed by atoms with van der Waals surface area (Å²) in [7, 11) is 0. The maximum Gasteiger partial charge on any atom is 0.416 e. The average molecular weight is 525 g/mol. The van der Waals surface area contributed by atoms with Crippen molar-refractivity contribution in [2.75, 3.05) is 0 Å². The molecule has 0 fully saturated rings. The number of benzene rings is 2. The molecule has 192 valence electrons. The zero-order chi connectivity index (χ0) is 27.1. The molecule has 0 radical (unpaired) electrons. The lowest BCUT2D eigenvalue weighted by atomic mass is 9.86. The topological polar surface area (TPSA) is 64.2 Å². The third kappa shape index (κ3) is 6.57. The van der Waals surface area contributed by atoms with Crippen LogP contribution in [-0.4, -0.2) is 10.2 Å². The molecule has 0 amide bonds. The number of alkyl halides is 12. The van der Waals surface area contributed by atoms with E-state index in [1.54, 1.807) is 0 Å². The van der Waals surface area contributed by atoms with Crippen molar-refractivity contribution in [3.05, 3.63) is 69.8 Å². The molecule has 35 heavy (non-hydrogen) atoms. The predicted molar refractivity (Wildman–Crippen MR) is 91.9 cm³/mol. The molecule has 2 N–H and O–H groups in total. The summed E-state index contributed by atoms with van der Waals surface area (Å²) in [4.78, 5) is 0. The Bertz CT molecular complexity index is 964. The van der Waals surface area contributed by atoms with E-state index in [0.29, 0.717) is 0 Å². The minimum absolute atomic E-state index is 0.00421. The minimum atomic E-state index is -5.36. The van der Waals surface area contributed by atoms with E-state index in [1.165, 1.54) is 0 Å². The average Bonchev–Trinajstić information content (AvgIpc) is 2.70. The van der Waals surface area contributed by atoms with Gasteiger partial charge in [-0.2, -0.15) is 57.9 Å². The molecule has 2 aromatic rings. The summed E-state index contributed by atoms with van der Waals surface area (Å²) in [5, 5.41) is 29.8. The van der Waals surface area contributed by atoms with Crippen molar-refractivity contribution in [3.8, 4) is 6.07 Å². The molecule has 0 spiro atoms.